The Balaban J connectivity index is 1.63. The first kappa shape index (κ1) is 17.7. The molecule has 140 valence electrons. The molecule has 0 unspecified atom stereocenters. The summed E-state index contributed by atoms with van der Waals surface area (Å²) in [6.07, 6.45) is 1.26. The van der Waals surface area contributed by atoms with Crippen LogP contribution in [0.2, 0.25) is 0 Å². The summed E-state index contributed by atoms with van der Waals surface area (Å²) in [7, 11) is -3.73. The first-order valence-corrected chi connectivity index (χ1v) is 10.3. The molecule has 2 aromatic rings. The molecule has 1 amide bonds. The zero-order chi connectivity index (χ0) is 19.1. The molecule has 1 fully saturated rings. The second kappa shape index (κ2) is 6.20. The monoisotopic (exact) mass is 384 g/mol. The van der Waals surface area contributed by atoms with Gasteiger partial charge in [0, 0.05) is 11.1 Å². The van der Waals surface area contributed by atoms with Crippen molar-refractivity contribution >= 4 is 21.6 Å². The van der Waals surface area contributed by atoms with Crippen LogP contribution >= 0.6 is 0 Å². The molecule has 0 saturated heterocycles. The summed E-state index contributed by atoms with van der Waals surface area (Å²) in [4.78, 5) is 18.4. The maximum atomic E-state index is 12.6. The van der Waals surface area contributed by atoms with Crippen LogP contribution in [0.3, 0.4) is 0 Å². The van der Waals surface area contributed by atoms with Crippen LogP contribution in [-0.2, 0) is 25.3 Å². The van der Waals surface area contributed by atoms with Gasteiger partial charge >= 0.3 is 0 Å². The average molecular weight is 384 g/mol. The van der Waals surface area contributed by atoms with Crippen LogP contribution in [0.15, 0.2) is 65.8 Å². The second-order valence-electron chi connectivity index (χ2n) is 7.25. The molecule has 1 aliphatic heterocycles. The van der Waals surface area contributed by atoms with Gasteiger partial charge in [0.15, 0.2) is 11.3 Å². The Hall–Kier alpha value is -2.67. The predicted molar refractivity (Wildman–Crippen MR) is 102 cm³/mol. The zero-order valence-electron chi connectivity index (χ0n) is 14.9. The molecule has 0 radical (unpaired) electrons. The van der Waals surface area contributed by atoms with E-state index in [0.29, 0.717) is 12.8 Å². The minimum absolute atomic E-state index is 0.0653. The molecule has 0 spiro atoms. The van der Waals surface area contributed by atoms with Crippen molar-refractivity contribution in [2.75, 3.05) is 0 Å². The summed E-state index contributed by atoms with van der Waals surface area (Å²) in [5.41, 5.74) is 0.803. The predicted octanol–water partition coefficient (Wildman–Crippen LogP) is 2.71. The van der Waals surface area contributed by atoms with E-state index >= 15 is 0 Å². The van der Waals surface area contributed by atoms with Gasteiger partial charge in [0.05, 0.1) is 11.2 Å². The molecule has 1 heterocycles. The maximum Gasteiger partial charge on any atom is 0.282 e. The van der Waals surface area contributed by atoms with Gasteiger partial charge in [-0.3, -0.25) is 4.79 Å². The summed E-state index contributed by atoms with van der Waals surface area (Å²) in [6.45, 7) is 1.63. The summed E-state index contributed by atoms with van der Waals surface area (Å²) >= 11 is 0. The number of rotatable bonds is 5. The average Bonchev–Trinajstić information content (AvgIpc) is 3.29. The number of hydrogen-bond acceptors (Lipinski definition) is 5. The van der Waals surface area contributed by atoms with Gasteiger partial charge in [-0.2, -0.15) is 0 Å². The Morgan fingerprint density at radius 2 is 1.52 bits per heavy atom. The van der Waals surface area contributed by atoms with E-state index in [2.05, 4.69) is 9.88 Å². The fraction of sp³-hybridized carbons (Fsp3) is 0.300. The van der Waals surface area contributed by atoms with E-state index in [-0.39, 0.29) is 12.1 Å². The highest BCUT2D eigenvalue weighted by atomic mass is 32.2. The van der Waals surface area contributed by atoms with Gasteiger partial charge in [-0.05, 0) is 19.8 Å². The molecular formula is C20H20N2O4S. The van der Waals surface area contributed by atoms with E-state index < -0.39 is 26.3 Å². The van der Waals surface area contributed by atoms with Crippen LogP contribution in [0.5, 0.6) is 0 Å². The smallest absolute Gasteiger partial charge is 0.282 e. The van der Waals surface area contributed by atoms with Gasteiger partial charge in [0.2, 0.25) is 10.0 Å². The van der Waals surface area contributed by atoms with Gasteiger partial charge in [0.1, 0.15) is 0 Å². The number of carbonyl (C=O) groups excluding carboxylic acids is 1. The highest BCUT2D eigenvalue weighted by molar-refractivity contribution is 7.91. The number of hydrogen-bond donors (Lipinski definition) is 1. The molecule has 0 atom stereocenters. The minimum Gasteiger partial charge on any atom is -0.379 e. The Morgan fingerprint density at radius 1 is 1.00 bits per heavy atom. The Labute approximate surface area is 158 Å². The van der Waals surface area contributed by atoms with Crippen molar-refractivity contribution in [3.05, 3.63) is 71.8 Å². The standard InChI is InChI=1S/C20H20N2O4S/c1-19(12-13-19)27(24,25)22-18(23)17-14-20(26-21-17,15-8-4-2-5-9-15)16-10-6-3-7-11-16/h2-11H,12-14H2,1H3,(H,22,23). The van der Waals surface area contributed by atoms with E-state index in [1.54, 1.807) is 6.92 Å². The maximum absolute atomic E-state index is 12.6. The fourth-order valence-electron chi connectivity index (χ4n) is 3.19. The molecule has 4 rings (SSSR count). The molecule has 1 saturated carbocycles. The molecule has 2 aromatic carbocycles. The lowest BCUT2D eigenvalue weighted by Crippen LogP contribution is -2.42. The second-order valence-corrected chi connectivity index (χ2v) is 9.45. The van der Waals surface area contributed by atoms with Crippen molar-refractivity contribution in [3.63, 3.8) is 0 Å². The molecule has 7 heteroatoms. The lowest BCUT2D eigenvalue weighted by Gasteiger charge is -2.27. The third kappa shape index (κ3) is 3.02. The third-order valence-corrected chi connectivity index (χ3v) is 7.46. The van der Waals surface area contributed by atoms with Crippen LogP contribution < -0.4 is 4.72 Å². The zero-order valence-corrected chi connectivity index (χ0v) is 15.7. The number of benzene rings is 2. The summed E-state index contributed by atoms with van der Waals surface area (Å²) in [6, 6.07) is 19.0. The summed E-state index contributed by atoms with van der Waals surface area (Å²) < 4.78 is 26.0. The number of amides is 1. The SMILES string of the molecule is CC1(S(=O)(=O)NC(=O)C2=NOC(c3ccccc3)(c3ccccc3)C2)CC1. The molecule has 6 nitrogen and oxygen atoms in total. The fourth-order valence-corrected chi connectivity index (χ4v) is 4.44. The van der Waals surface area contributed by atoms with Gasteiger partial charge in [-0.25, -0.2) is 13.1 Å². The first-order chi connectivity index (χ1) is 12.9. The first-order valence-electron chi connectivity index (χ1n) is 8.79. The number of nitrogens with zero attached hydrogens (tertiary/aromatic N) is 1. The van der Waals surface area contributed by atoms with Gasteiger partial charge in [0.25, 0.3) is 5.91 Å². The van der Waals surface area contributed by atoms with Crippen LogP contribution in [0, 0.1) is 0 Å². The lowest BCUT2D eigenvalue weighted by molar-refractivity contribution is -0.113. The minimum atomic E-state index is -3.73. The molecular weight excluding hydrogens is 364 g/mol. The van der Waals surface area contributed by atoms with Gasteiger partial charge < -0.3 is 4.84 Å². The van der Waals surface area contributed by atoms with Crippen LogP contribution in [-0.4, -0.2) is 24.8 Å². The van der Waals surface area contributed by atoms with Crippen LogP contribution in [0.1, 0.15) is 37.3 Å². The molecule has 1 aliphatic carbocycles. The lowest BCUT2D eigenvalue weighted by atomic mass is 9.82. The van der Waals surface area contributed by atoms with Crippen molar-refractivity contribution in [1.82, 2.24) is 4.72 Å². The Bertz CT molecular complexity index is 957. The van der Waals surface area contributed by atoms with E-state index in [0.717, 1.165) is 11.1 Å². The van der Waals surface area contributed by atoms with E-state index in [1.165, 1.54) is 0 Å². The Morgan fingerprint density at radius 3 is 2.00 bits per heavy atom. The Kier molecular flexibility index (Phi) is 4.07. The van der Waals surface area contributed by atoms with Crippen molar-refractivity contribution in [2.45, 2.75) is 36.5 Å². The van der Waals surface area contributed by atoms with E-state index in [1.807, 2.05) is 60.7 Å². The molecule has 1 N–H and O–H groups in total. The van der Waals surface area contributed by atoms with Crippen molar-refractivity contribution in [1.29, 1.82) is 0 Å². The van der Waals surface area contributed by atoms with Crippen LogP contribution in [0.25, 0.3) is 0 Å². The largest absolute Gasteiger partial charge is 0.379 e. The number of oxime groups is 1. The van der Waals surface area contributed by atoms with Gasteiger partial charge in [-0.15, -0.1) is 0 Å². The molecule has 0 aromatic heterocycles. The summed E-state index contributed by atoms with van der Waals surface area (Å²) in [5, 5.41) is 3.97. The van der Waals surface area contributed by atoms with Crippen molar-refractivity contribution in [3.8, 4) is 0 Å². The quantitative estimate of drug-likeness (QED) is 0.859. The number of nitrogens with one attached hydrogen (secondary N) is 1. The highest BCUT2D eigenvalue weighted by Gasteiger charge is 2.52. The molecule has 27 heavy (non-hydrogen) atoms. The topological polar surface area (TPSA) is 84.8 Å². The third-order valence-electron chi connectivity index (χ3n) is 5.30. The molecule has 2 aliphatic rings. The number of sulfonamides is 1. The van der Waals surface area contributed by atoms with E-state index in [4.69, 9.17) is 4.84 Å². The van der Waals surface area contributed by atoms with Crippen molar-refractivity contribution < 1.29 is 18.0 Å². The van der Waals surface area contributed by atoms with E-state index in [9.17, 15) is 13.2 Å². The molecule has 0 bridgehead atoms. The van der Waals surface area contributed by atoms with Gasteiger partial charge in [-0.1, -0.05) is 65.8 Å². The summed E-state index contributed by atoms with van der Waals surface area (Å²) in [5.74, 6) is -0.725. The van der Waals surface area contributed by atoms with Crippen LogP contribution in [0.4, 0.5) is 0 Å². The van der Waals surface area contributed by atoms with Crippen molar-refractivity contribution in [2.24, 2.45) is 5.16 Å². The normalized spacial score (nSPS) is 19.7. The number of carbonyl (C=O) groups is 1. The highest BCUT2D eigenvalue weighted by Crippen LogP contribution is 2.43.